The van der Waals surface area contributed by atoms with Gasteiger partial charge in [0.25, 0.3) is 0 Å². The fourth-order valence-electron chi connectivity index (χ4n) is 5.44. The number of thiazole rings is 1. The van der Waals surface area contributed by atoms with Crippen molar-refractivity contribution in [2.75, 3.05) is 22.9 Å². The summed E-state index contributed by atoms with van der Waals surface area (Å²) in [7, 11) is -3.76. The van der Waals surface area contributed by atoms with Gasteiger partial charge in [0.1, 0.15) is 29.0 Å². The van der Waals surface area contributed by atoms with Gasteiger partial charge in [-0.25, -0.2) is 18.4 Å². The van der Waals surface area contributed by atoms with E-state index in [1.807, 2.05) is 6.07 Å². The van der Waals surface area contributed by atoms with Crippen molar-refractivity contribution in [3.05, 3.63) is 54.0 Å². The number of aliphatic hydroxyl groups is 2. The number of nitrogens with zero attached hydrogens (tertiary/aromatic N) is 4. The number of hydrogen-bond donors (Lipinski definition) is 4. The molecule has 3 atom stereocenters. The van der Waals surface area contributed by atoms with Crippen LogP contribution < -0.4 is 10.6 Å². The van der Waals surface area contributed by atoms with Crippen LogP contribution in [0, 0.1) is 12.8 Å². The Balaban J connectivity index is 1.35. The lowest BCUT2D eigenvalue weighted by atomic mass is 10.0. The molecule has 0 amide bonds. The van der Waals surface area contributed by atoms with Crippen LogP contribution in [0.1, 0.15) is 43.0 Å². The predicted molar refractivity (Wildman–Crippen MR) is 155 cm³/mol. The molecule has 0 aliphatic heterocycles. The van der Waals surface area contributed by atoms with Crippen molar-refractivity contribution in [3.8, 4) is 10.6 Å². The molecule has 0 saturated heterocycles. The zero-order valence-corrected chi connectivity index (χ0v) is 24.6. The Labute approximate surface area is 249 Å². The van der Waals surface area contributed by atoms with Crippen LogP contribution >= 0.6 is 11.3 Å². The summed E-state index contributed by atoms with van der Waals surface area (Å²) >= 11 is 1.33. The molecule has 6 rings (SSSR count). The second-order valence-electron chi connectivity index (χ2n) is 11.0. The molecular formula is C28H29F3N6O4S2. The lowest BCUT2D eigenvalue weighted by Crippen LogP contribution is -2.48. The van der Waals surface area contributed by atoms with Crippen LogP contribution in [-0.2, 0) is 9.84 Å². The minimum absolute atomic E-state index is 0.0352. The zero-order chi connectivity index (χ0) is 30.6. The number of aromatic nitrogens is 4. The van der Waals surface area contributed by atoms with Crippen LogP contribution in [0.5, 0.6) is 0 Å². The summed E-state index contributed by atoms with van der Waals surface area (Å²) in [4.78, 5) is 17.9. The maximum Gasteiger partial charge on any atom is 0.405 e. The molecule has 2 saturated carbocycles. The number of aliphatic hydroxyl groups excluding tert-OH is 1. The van der Waals surface area contributed by atoms with Gasteiger partial charge in [-0.05, 0) is 50.8 Å². The van der Waals surface area contributed by atoms with Crippen LogP contribution in [-0.4, -0.2) is 68.9 Å². The minimum atomic E-state index is -4.53. The van der Waals surface area contributed by atoms with E-state index in [-0.39, 0.29) is 29.5 Å². The predicted octanol–water partition coefficient (Wildman–Crippen LogP) is 4.65. The first-order chi connectivity index (χ1) is 20.3. The molecule has 2 fully saturated rings. The number of halogens is 3. The first-order valence-electron chi connectivity index (χ1n) is 13.7. The number of aryl methyl sites for hydroxylation is 1. The van der Waals surface area contributed by atoms with Crippen molar-refractivity contribution in [3.63, 3.8) is 0 Å². The van der Waals surface area contributed by atoms with E-state index in [0.717, 1.165) is 28.8 Å². The third kappa shape index (κ3) is 6.16. The van der Waals surface area contributed by atoms with Gasteiger partial charge >= 0.3 is 6.18 Å². The summed E-state index contributed by atoms with van der Waals surface area (Å²) in [5.74, 6) is -1.26. The molecule has 0 spiro atoms. The first-order valence-corrected chi connectivity index (χ1v) is 16.2. The molecule has 2 aliphatic rings. The Morgan fingerprint density at radius 2 is 1.84 bits per heavy atom. The molecule has 4 aromatic rings. The minimum Gasteiger partial charge on any atom is -0.388 e. The Hall–Kier alpha value is -3.40. The van der Waals surface area contributed by atoms with Gasteiger partial charge in [0.2, 0.25) is 5.95 Å². The van der Waals surface area contributed by atoms with Gasteiger partial charge in [-0.1, -0.05) is 18.2 Å². The van der Waals surface area contributed by atoms with E-state index in [9.17, 15) is 31.8 Å². The SMILES string of the molecule is Cc1nc(NCC(F)(F)F)nc(NC2(O)CCC(CS(=O)(=O)c3ccccc3)C2O)c1-c1nc2c(C3CC3)nccc2s1. The molecule has 15 heteroatoms. The first kappa shape index (κ1) is 29.7. The van der Waals surface area contributed by atoms with Gasteiger partial charge in [-0.3, -0.25) is 4.98 Å². The summed E-state index contributed by atoms with van der Waals surface area (Å²) < 4.78 is 65.8. The maximum absolute atomic E-state index is 13.0. The number of benzene rings is 1. The number of pyridine rings is 1. The number of nitrogens with one attached hydrogen (secondary N) is 2. The van der Waals surface area contributed by atoms with Crippen LogP contribution in [0.3, 0.4) is 0 Å². The van der Waals surface area contributed by atoms with Crippen LogP contribution in [0.2, 0.25) is 0 Å². The van der Waals surface area contributed by atoms with E-state index < -0.39 is 46.1 Å². The third-order valence-corrected chi connectivity index (χ3v) is 10.6. The molecule has 10 nitrogen and oxygen atoms in total. The Morgan fingerprint density at radius 1 is 1.09 bits per heavy atom. The Bertz CT molecular complexity index is 1770. The number of hydrogen-bond acceptors (Lipinski definition) is 11. The molecule has 0 radical (unpaired) electrons. The van der Waals surface area contributed by atoms with E-state index in [0.29, 0.717) is 22.2 Å². The highest BCUT2D eigenvalue weighted by Crippen LogP contribution is 2.45. The molecule has 3 unspecified atom stereocenters. The Morgan fingerprint density at radius 3 is 2.53 bits per heavy atom. The molecule has 4 N–H and O–H groups in total. The second-order valence-corrected chi connectivity index (χ2v) is 14.1. The number of alkyl halides is 3. The quantitative estimate of drug-likeness (QED) is 0.192. The Kier molecular flexibility index (Phi) is 7.55. The maximum atomic E-state index is 13.0. The van der Waals surface area contributed by atoms with Crippen LogP contribution in [0.15, 0.2) is 47.5 Å². The summed E-state index contributed by atoms with van der Waals surface area (Å²) in [5, 5.41) is 28.3. The van der Waals surface area contributed by atoms with Gasteiger partial charge in [-0.2, -0.15) is 18.2 Å². The van der Waals surface area contributed by atoms with Gasteiger partial charge < -0.3 is 20.8 Å². The highest BCUT2D eigenvalue weighted by Gasteiger charge is 2.49. The largest absolute Gasteiger partial charge is 0.405 e. The van der Waals surface area contributed by atoms with Gasteiger partial charge in [0.05, 0.1) is 32.3 Å². The highest BCUT2D eigenvalue weighted by molar-refractivity contribution is 7.91. The van der Waals surface area contributed by atoms with Crippen molar-refractivity contribution in [2.24, 2.45) is 5.92 Å². The van der Waals surface area contributed by atoms with Crippen molar-refractivity contribution < 1.29 is 31.8 Å². The highest BCUT2D eigenvalue weighted by atomic mass is 32.2. The summed E-state index contributed by atoms with van der Waals surface area (Å²) in [6, 6.07) is 9.66. The molecule has 3 heterocycles. The molecule has 1 aromatic carbocycles. The van der Waals surface area contributed by atoms with Crippen molar-refractivity contribution in [2.45, 2.75) is 61.4 Å². The van der Waals surface area contributed by atoms with Crippen LogP contribution in [0.25, 0.3) is 20.8 Å². The third-order valence-electron chi connectivity index (χ3n) is 7.75. The van der Waals surface area contributed by atoms with E-state index in [2.05, 4.69) is 25.6 Å². The number of anilines is 2. The fraction of sp³-hybridized carbons (Fsp3) is 0.429. The van der Waals surface area contributed by atoms with Gasteiger partial charge in [-0.15, -0.1) is 11.3 Å². The van der Waals surface area contributed by atoms with Crippen molar-refractivity contribution >= 4 is 43.2 Å². The average Bonchev–Trinajstić information content (AvgIpc) is 3.65. The standard InChI is InChI=1S/C28H29F3N6O4S2/c1-15-20(25-35-22-19(42-25)10-12-32-21(22)16-7-8-16)24(36-26(34-15)33-14-28(29,30)31)37-27(39)11-9-17(23(27)38)13-43(40,41)18-5-3-2-4-6-18/h2-6,10,12,16-17,23,38-39H,7-9,11,13-14H2,1H3,(H2,33,34,36,37). The normalized spacial score (nSPS) is 22.7. The molecular weight excluding hydrogens is 605 g/mol. The zero-order valence-electron chi connectivity index (χ0n) is 23.0. The number of rotatable bonds is 9. The monoisotopic (exact) mass is 634 g/mol. The fourth-order valence-corrected chi connectivity index (χ4v) is 8.18. The lowest BCUT2D eigenvalue weighted by molar-refractivity contribution is -0.115. The topological polar surface area (TPSA) is 150 Å². The van der Waals surface area contributed by atoms with Gasteiger partial charge in [0.15, 0.2) is 15.6 Å². The molecule has 43 heavy (non-hydrogen) atoms. The average molecular weight is 635 g/mol. The van der Waals surface area contributed by atoms with E-state index in [1.54, 1.807) is 31.3 Å². The molecule has 3 aromatic heterocycles. The lowest BCUT2D eigenvalue weighted by Gasteiger charge is -2.31. The number of sulfone groups is 1. The van der Waals surface area contributed by atoms with Crippen molar-refractivity contribution in [1.82, 2.24) is 19.9 Å². The molecule has 2 aliphatic carbocycles. The van der Waals surface area contributed by atoms with E-state index >= 15 is 0 Å². The summed E-state index contributed by atoms with van der Waals surface area (Å²) in [6.45, 7) is 0.215. The molecule has 228 valence electrons. The summed E-state index contributed by atoms with van der Waals surface area (Å²) in [6.07, 6.45) is -2.17. The smallest absolute Gasteiger partial charge is 0.388 e. The molecule has 0 bridgehead atoms. The van der Waals surface area contributed by atoms with Gasteiger partial charge in [0, 0.05) is 18.0 Å². The summed E-state index contributed by atoms with van der Waals surface area (Å²) in [5.41, 5.74) is 0.220. The van der Waals surface area contributed by atoms with E-state index in [1.165, 1.54) is 23.5 Å². The second kappa shape index (κ2) is 10.9. The van der Waals surface area contributed by atoms with Crippen LogP contribution in [0.4, 0.5) is 24.9 Å². The van der Waals surface area contributed by atoms with Crippen molar-refractivity contribution in [1.29, 1.82) is 0 Å². The van der Waals surface area contributed by atoms with E-state index in [4.69, 9.17) is 4.98 Å². The number of fused-ring (bicyclic) bond motifs is 1.